The third kappa shape index (κ3) is 5.01. The van der Waals surface area contributed by atoms with Gasteiger partial charge in [0.25, 0.3) is 5.91 Å². The van der Waals surface area contributed by atoms with E-state index in [9.17, 15) is 31.9 Å². The zero-order chi connectivity index (χ0) is 25.3. The number of anilines is 1. The van der Waals surface area contributed by atoms with Crippen molar-refractivity contribution < 1.29 is 27.2 Å². The predicted molar refractivity (Wildman–Crippen MR) is 124 cm³/mol. The fourth-order valence-corrected chi connectivity index (χ4v) is 3.80. The first-order valence-electron chi connectivity index (χ1n) is 10.5. The largest absolute Gasteiger partial charge is 0.405 e. The lowest BCUT2D eigenvalue weighted by atomic mass is 10.1. The molecule has 0 aliphatic carbocycles. The van der Waals surface area contributed by atoms with Gasteiger partial charge in [0.05, 0.1) is 11.0 Å². The third-order valence-corrected chi connectivity index (χ3v) is 5.51. The maximum Gasteiger partial charge on any atom is 0.405 e. The number of fused-ring (bicyclic) bond motifs is 2. The summed E-state index contributed by atoms with van der Waals surface area (Å²) in [6.07, 6.45) is -4.63. The molecule has 0 spiro atoms. The summed E-state index contributed by atoms with van der Waals surface area (Å²) < 4.78 is 53.3. The molecule has 0 saturated heterocycles. The smallest absolute Gasteiger partial charge is 0.343 e. The van der Waals surface area contributed by atoms with E-state index in [0.717, 1.165) is 12.1 Å². The highest BCUT2D eigenvalue weighted by Gasteiger charge is 2.28. The number of nitrogens with zero attached hydrogens (tertiary/aromatic N) is 1. The first-order valence-corrected chi connectivity index (χ1v) is 10.5. The van der Waals surface area contributed by atoms with E-state index in [-0.39, 0.29) is 28.8 Å². The highest BCUT2D eigenvalue weighted by molar-refractivity contribution is 5.99. The van der Waals surface area contributed by atoms with Crippen molar-refractivity contribution in [3.05, 3.63) is 87.8 Å². The van der Waals surface area contributed by atoms with Gasteiger partial charge in [0.1, 0.15) is 18.9 Å². The van der Waals surface area contributed by atoms with Gasteiger partial charge in [0.15, 0.2) is 5.43 Å². The van der Waals surface area contributed by atoms with Crippen molar-refractivity contribution >= 4 is 39.3 Å². The number of hydrogen-bond acceptors (Lipinski definition) is 3. The van der Waals surface area contributed by atoms with Crippen LogP contribution in [0.2, 0.25) is 0 Å². The van der Waals surface area contributed by atoms with Crippen LogP contribution in [-0.2, 0) is 11.3 Å². The van der Waals surface area contributed by atoms with Crippen LogP contribution in [0.1, 0.15) is 15.9 Å². The molecule has 0 atom stereocenters. The summed E-state index contributed by atoms with van der Waals surface area (Å²) >= 11 is 0. The summed E-state index contributed by atoms with van der Waals surface area (Å²) in [7, 11) is 0. The van der Waals surface area contributed by atoms with E-state index in [1.807, 2.05) is 0 Å². The molecule has 35 heavy (non-hydrogen) atoms. The van der Waals surface area contributed by atoms with Gasteiger partial charge in [0, 0.05) is 27.6 Å². The first-order chi connectivity index (χ1) is 16.5. The standard InChI is InChI=1S/C25H19F4N3O3/c1-14-18(26)10-15(24(35)30-13-25(27,28)29)11-19(14)31-22(33)12-32-20-8-4-2-6-16(20)23(34)17-7-3-5-9-21(17)32/h2-11H,12-13H2,1H3,(H,30,35)(H,31,33). The number of aromatic nitrogens is 1. The molecule has 0 radical (unpaired) electrons. The minimum absolute atomic E-state index is 0.0142. The molecular weight excluding hydrogens is 466 g/mol. The molecule has 0 bridgehead atoms. The Morgan fingerprint density at radius 3 is 2.09 bits per heavy atom. The van der Waals surface area contributed by atoms with Crippen molar-refractivity contribution in [3.8, 4) is 0 Å². The van der Waals surface area contributed by atoms with Crippen LogP contribution < -0.4 is 16.1 Å². The minimum Gasteiger partial charge on any atom is -0.343 e. The van der Waals surface area contributed by atoms with Gasteiger partial charge in [-0.05, 0) is 43.3 Å². The van der Waals surface area contributed by atoms with E-state index >= 15 is 0 Å². The maximum absolute atomic E-state index is 14.4. The zero-order valence-corrected chi connectivity index (χ0v) is 18.4. The molecule has 0 aliphatic heterocycles. The normalized spacial score (nSPS) is 11.6. The van der Waals surface area contributed by atoms with Gasteiger partial charge in [-0.25, -0.2) is 4.39 Å². The Balaban J connectivity index is 1.66. The fraction of sp³-hybridized carbons (Fsp3) is 0.160. The molecule has 2 N–H and O–H groups in total. The van der Waals surface area contributed by atoms with E-state index < -0.39 is 30.4 Å². The number of carbonyl (C=O) groups is 2. The number of pyridine rings is 1. The van der Waals surface area contributed by atoms with Crippen molar-refractivity contribution in [2.45, 2.75) is 19.6 Å². The molecule has 4 aromatic rings. The van der Waals surface area contributed by atoms with Crippen LogP contribution in [0.3, 0.4) is 0 Å². The van der Waals surface area contributed by atoms with Crippen LogP contribution in [0.15, 0.2) is 65.5 Å². The zero-order valence-electron chi connectivity index (χ0n) is 18.4. The lowest BCUT2D eigenvalue weighted by molar-refractivity contribution is -0.123. The van der Waals surface area contributed by atoms with E-state index in [0.29, 0.717) is 21.8 Å². The number of rotatable bonds is 5. The van der Waals surface area contributed by atoms with E-state index in [4.69, 9.17) is 0 Å². The Labute approximate surface area is 196 Å². The van der Waals surface area contributed by atoms with Crippen LogP contribution in [0.25, 0.3) is 21.8 Å². The molecule has 6 nitrogen and oxygen atoms in total. The lowest BCUT2D eigenvalue weighted by Crippen LogP contribution is -2.33. The summed E-state index contributed by atoms with van der Waals surface area (Å²) in [6, 6.07) is 15.5. The van der Waals surface area contributed by atoms with Crippen molar-refractivity contribution in [2.75, 3.05) is 11.9 Å². The summed E-state index contributed by atoms with van der Waals surface area (Å²) in [5.74, 6) is -2.58. The van der Waals surface area contributed by atoms with E-state index in [1.54, 1.807) is 58.4 Å². The Morgan fingerprint density at radius 1 is 0.943 bits per heavy atom. The number of hydrogen-bond donors (Lipinski definition) is 2. The number of para-hydroxylation sites is 2. The Bertz CT molecular complexity index is 1470. The molecule has 2 amide bonds. The molecule has 0 saturated carbocycles. The number of halogens is 4. The average molecular weight is 485 g/mol. The summed E-state index contributed by atoms with van der Waals surface area (Å²) in [6.45, 7) is -0.450. The van der Waals surface area contributed by atoms with Gasteiger partial charge in [-0.1, -0.05) is 24.3 Å². The van der Waals surface area contributed by atoms with Gasteiger partial charge in [-0.15, -0.1) is 0 Å². The van der Waals surface area contributed by atoms with Crippen LogP contribution in [0, 0.1) is 12.7 Å². The molecule has 4 rings (SSSR count). The van der Waals surface area contributed by atoms with Crippen LogP contribution in [0.5, 0.6) is 0 Å². The van der Waals surface area contributed by atoms with Crippen LogP contribution >= 0.6 is 0 Å². The van der Waals surface area contributed by atoms with Crippen LogP contribution in [0.4, 0.5) is 23.2 Å². The minimum atomic E-state index is -4.63. The Morgan fingerprint density at radius 2 is 1.51 bits per heavy atom. The Hall–Kier alpha value is -4.21. The van der Waals surface area contributed by atoms with Crippen molar-refractivity contribution in [1.29, 1.82) is 0 Å². The maximum atomic E-state index is 14.4. The molecule has 180 valence electrons. The van der Waals surface area contributed by atoms with Gasteiger partial charge < -0.3 is 15.2 Å². The van der Waals surface area contributed by atoms with E-state index in [1.165, 1.54) is 6.92 Å². The fourth-order valence-electron chi connectivity index (χ4n) is 3.80. The summed E-state index contributed by atoms with van der Waals surface area (Å²) in [4.78, 5) is 37.9. The predicted octanol–water partition coefficient (Wildman–Crippen LogP) is 4.53. The number of nitrogens with one attached hydrogen (secondary N) is 2. The quantitative estimate of drug-likeness (QED) is 0.322. The average Bonchev–Trinajstić information content (AvgIpc) is 2.82. The molecule has 3 aromatic carbocycles. The number of alkyl halides is 3. The van der Waals surface area contributed by atoms with Gasteiger partial charge >= 0.3 is 6.18 Å². The third-order valence-electron chi connectivity index (χ3n) is 5.51. The van der Waals surface area contributed by atoms with Crippen LogP contribution in [-0.4, -0.2) is 29.1 Å². The second kappa shape index (κ2) is 9.21. The number of benzene rings is 3. The molecular formula is C25H19F4N3O3. The topological polar surface area (TPSA) is 80.2 Å². The Kier molecular flexibility index (Phi) is 6.29. The molecule has 0 aliphatic rings. The van der Waals surface area contributed by atoms with Crippen molar-refractivity contribution in [1.82, 2.24) is 9.88 Å². The molecule has 1 aromatic heterocycles. The number of carbonyl (C=O) groups excluding carboxylic acids is 2. The molecule has 0 fully saturated rings. The van der Waals surface area contributed by atoms with Gasteiger partial charge in [-0.3, -0.25) is 14.4 Å². The molecule has 1 heterocycles. The van der Waals surface area contributed by atoms with Crippen molar-refractivity contribution in [3.63, 3.8) is 0 Å². The highest BCUT2D eigenvalue weighted by Crippen LogP contribution is 2.23. The first kappa shape index (κ1) is 23.9. The molecule has 10 heteroatoms. The van der Waals surface area contributed by atoms with Gasteiger partial charge in [0.2, 0.25) is 5.91 Å². The SMILES string of the molecule is Cc1c(F)cc(C(=O)NCC(F)(F)F)cc1NC(=O)Cn1c2ccccc2c(=O)c2ccccc21. The molecule has 0 unspecified atom stereocenters. The van der Waals surface area contributed by atoms with E-state index in [2.05, 4.69) is 5.32 Å². The monoisotopic (exact) mass is 485 g/mol. The highest BCUT2D eigenvalue weighted by atomic mass is 19.4. The second-order valence-corrected chi connectivity index (χ2v) is 7.93. The summed E-state index contributed by atoms with van der Waals surface area (Å²) in [5.41, 5.74) is 0.460. The van der Waals surface area contributed by atoms with Gasteiger partial charge in [-0.2, -0.15) is 13.2 Å². The lowest BCUT2D eigenvalue weighted by Gasteiger charge is -2.16. The summed E-state index contributed by atoms with van der Waals surface area (Å²) in [5, 5.41) is 5.05. The number of amides is 2. The van der Waals surface area contributed by atoms with Crippen molar-refractivity contribution in [2.24, 2.45) is 0 Å². The second-order valence-electron chi connectivity index (χ2n) is 7.93.